The van der Waals surface area contributed by atoms with E-state index in [0.717, 1.165) is 63.3 Å². The van der Waals surface area contributed by atoms with Gasteiger partial charge in [-0.05, 0) is 70.7 Å². The molecular weight excluding hydrogens is 364 g/mol. The summed E-state index contributed by atoms with van der Waals surface area (Å²) in [5, 5.41) is 3.64. The van der Waals surface area contributed by atoms with Crippen molar-refractivity contribution in [3.05, 3.63) is 24.2 Å². The number of nitrogens with zero attached hydrogens (tertiary/aromatic N) is 3. The maximum Gasteiger partial charge on any atom is 0.194 e. The third-order valence-electron chi connectivity index (χ3n) is 5.93. The lowest BCUT2D eigenvalue weighted by atomic mass is 9.92. The average Bonchev–Trinajstić information content (AvgIpc) is 3.25. The molecule has 1 aromatic rings. The van der Waals surface area contributed by atoms with Crippen molar-refractivity contribution in [2.75, 3.05) is 53.5 Å². The smallest absolute Gasteiger partial charge is 0.194 e. The van der Waals surface area contributed by atoms with Gasteiger partial charge >= 0.3 is 0 Å². The minimum absolute atomic E-state index is 0.442. The van der Waals surface area contributed by atoms with Gasteiger partial charge in [0.1, 0.15) is 5.76 Å². The van der Waals surface area contributed by atoms with Crippen molar-refractivity contribution in [2.45, 2.75) is 58.4 Å². The van der Waals surface area contributed by atoms with Crippen LogP contribution < -0.4 is 5.32 Å². The largest absolute Gasteiger partial charge is 0.469 e. The van der Waals surface area contributed by atoms with E-state index in [0.29, 0.717) is 6.04 Å². The zero-order chi connectivity index (χ0) is 20.9. The van der Waals surface area contributed by atoms with Crippen LogP contribution in [0.5, 0.6) is 0 Å². The number of aliphatic imine (C=N–C) groups is 1. The predicted octanol–water partition coefficient (Wildman–Crippen LogP) is 3.64. The normalized spacial score (nSPS) is 17.1. The Hall–Kier alpha value is -1.53. The predicted molar refractivity (Wildman–Crippen MR) is 121 cm³/mol. The van der Waals surface area contributed by atoms with Crippen LogP contribution in [0.2, 0.25) is 0 Å². The third kappa shape index (κ3) is 9.22. The first-order valence-corrected chi connectivity index (χ1v) is 11.4. The molecule has 6 heteroatoms. The molecule has 1 aliphatic rings. The summed E-state index contributed by atoms with van der Waals surface area (Å²) in [4.78, 5) is 9.73. The molecule has 1 unspecified atom stereocenters. The summed E-state index contributed by atoms with van der Waals surface area (Å²) in [6.07, 6.45) is 8.82. The third-order valence-corrected chi connectivity index (χ3v) is 5.93. The topological polar surface area (TPSA) is 53.2 Å². The molecule has 0 radical (unpaired) electrons. The molecule has 0 bridgehead atoms. The summed E-state index contributed by atoms with van der Waals surface area (Å²) in [5.41, 5.74) is 0. The molecule has 1 saturated heterocycles. The number of rotatable bonds is 12. The van der Waals surface area contributed by atoms with Crippen molar-refractivity contribution in [1.29, 1.82) is 0 Å². The fourth-order valence-electron chi connectivity index (χ4n) is 3.73. The summed E-state index contributed by atoms with van der Waals surface area (Å²) < 4.78 is 10.6. The second-order valence-electron chi connectivity index (χ2n) is 8.36. The number of methoxy groups -OCH3 is 1. The first-order chi connectivity index (χ1) is 14.1. The van der Waals surface area contributed by atoms with Gasteiger partial charge in [-0.15, -0.1) is 0 Å². The second kappa shape index (κ2) is 13.6. The summed E-state index contributed by atoms with van der Waals surface area (Å²) in [6, 6.07) is 4.41. The molecule has 29 heavy (non-hydrogen) atoms. The first kappa shape index (κ1) is 23.7. The Morgan fingerprint density at radius 2 is 2.17 bits per heavy atom. The van der Waals surface area contributed by atoms with Crippen LogP contribution in [0.4, 0.5) is 0 Å². The van der Waals surface area contributed by atoms with Crippen molar-refractivity contribution in [2.24, 2.45) is 10.9 Å². The molecular formula is C23H42N4O2. The van der Waals surface area contributed by atoms with E-state index < -0.39 is 0 Å². The van der Waals surface area contributed by atoms with Crippen molar-refractivity contribution in [3.8, 4) is 0 Å². The van der Waals surface area contributed by atoms with Gasteiger partial charge in [-0.25, -0.2) is 0 Å². The highest BCUT2D eigenvalue weighted by molar-refractivity contribution is 5.80. The molecule has 1 aromatic heterocycles. The summed E-state index contributed by atoms with van der Waals surface area (Å²) >= 11 is 0. The number of ether oxygens (including phenoxy) is 1. The number of hydrogen-bond acceptors (Lipinski definition) is 4. The Kier molecular flexibility index (Phi) is 11.2. The van der Waals surface area contributed by atoms with Crippen LogP contribution in [0.25, 0.3) is 0 Å². The fraction of sp³-hybridized carbons (Fsp3) is 0.783. The van der Waals surface area contributed by atoms with Crippen LogP contribution in [-0.4, -0.2) is 75.3 Å². The molecule has 1 atom stereocenters. The van der Waals surface area contributed by atoms with Crippen LogP contribution in [0, 0.1) is 5.92 Å². The van der Waals surface area contributed by atoms with Gasteiger partial charge in [0.05, 0.1) is 12.9 Å². The number of piperidine rings is 1. The van der Waals surface area contributed by atoms with E-state index in [-0.39, 0.29) is 0 Å². The van der Waals surface area contributed by atoms with Gasteiger partial charge in [0.15, 0.2) is 5.96 Å². The second-order valence-corrected chi connectivity index (χ2v) is 8.36. The SMILES string of the molecule is CCC(C)NC(=NCCc1ccco1)N1CCC(CCCN(C)CCOC)CC1. The molecule has 0 saturated carbocycles. The highest BCUT2D eigenvalue weighted by Crippen LogP contribution is 2.22. The summed E-state index contributed by atoms with van der Waals surface area (Å²) in [6.45, 7) is 10.4. The number of nitrogens with one attached hydrogen (secondary N) is 1. The van der Waals surface area contributed by atoms with Crippen LogP contribution in [0.15, 0.2) is 27.8 Å². The van der Waals surface area contributed by atoms with Gasteiger partial charge in [-0.1, -0.05) is 6.92 Å². The fourth-order valence-corrected chi connectivity index (χ4v) is 3.73. The molecule has 2 heterocycles. The first-order valence-electron chi connectivity index (χ1n) is 11.4. The maximum atomic E-state index is 5.44. The minimum atomic E-state index is 0.442. The highest BCUT2D eigenvalue weighted by atomic mass is 16.5. The standard InChI is InChI=1S/C23H42N4O2/c1-5-20(2)25-23(24-13-10-22-9-7-18-29-22)27-15-11-21(12-16-27)8-6-14-26(3)17-19-28-4/h7,9,18,20-21H,5-6,8,10-17,19H2,1-4H3,(H,24,25). The number of furan rings is 1. The molecule has 0 spiro atoms. The monoisotopic (exact) mass is 406 g/mol. The van der Waals surface area contributed by atoms with Gasteiger partial charge < -0.3 is 24.3 Å². The Morgan fingerprint density at radius 3 is 2.83 bits per heavy atom. The van der Waals surface area contributed by atoms with Crippen molar-refractivity contribution >= 4 is 5.96 Å². The molecule has 1 fully saturated rings. The molecule has 6 nitrogen and oxygen atoms in total. The van der Waals surface area contributed by atoms with Crippen LogP contribution in [-0.2, 0) is 11.2 Å². The molecule has 0 aromatic carbocycles. The van der Waals surface area contributed by atoms with E-state index in [1.165, 1.54) is 32.2 Å². The summed E-state index contributed by atoms with van der Waals surface area (Å²) in [5.74, 6) is 2.92. The number of likely N-dealkylation sites (N-methyl/N-ethyl adjacent to an activating group) is 1. The molecule has 166 valence electrons. The Bertz CT molecular complexity index is 553. The van der Waals surface area contributed by atoms with Crippen LogP contribution >= 0.6 is 0 Å². The van der Waals surface area contributed by atoms with E-state index in [9.17, 15) is 0 Å². The van der Waals surface area contributed by atoms with E-state index >= 15 is 0 Å². The van der Waals surface area contributed by atoms with Gasteiger partial charge in [-0.3, -0.25) is 4.99 Å². The molecule has 0 amide bonds. The molecule has 1 aliphatic heterocycles. The Morgan fingerprint density at radius 1 is 1.38 bits per heavy atom. The Labute approximate surface area is 177 Å². The number of hydrogen-bond donors (Lipinski definition) is 1. The van der Waals surface area contributed by atoms with Crippen molar-refractivity contribution < 1.29 is 9.15 Å². The molecule has 0 aliphatic carbocycles. The lowest BCUT2D eigenvalue weighted by molar-refractivity contribution is 0.158. The van der Waals surface area contributed by atoms with E-state index in [2.05, 4.69) is 36.0 Å². The van der Waals surface area contributed by atoms with Gasteiger partial charge in [0.25, 0.3) is 0 Å². The van der Waals surface area contributed by atoms with Crippen LogP contribution in [0.3, 0.4) is 0 Å². The Balaban J connectivity index is 1.76. The molecule has 1 N–H and O–H groups in total. The van der Waals surface area contributed by atoms with Gasteiger partial charge in [-0.2, -0.15) is 0 Å². The van der Waals surface area contributed by atoms with Gasteiger partial charge in [0.2, 0.25) is 0 Å². The van der Waals surface area contributed by atoms with Crippen molar-refractivity contribution in [1.82, 2.24) is 15.1 Å². The van der Waals surface area contributed by atoms with Gasteiger partial charge in [0, 0.05) is 45.8 Å². The number of guanidine groups is 1. The molecule has 2 rings (SSSR count). The number of likely N-dealkylation sites (tertiary alicyclic amines) is 1. The van der Waals surface area contributed by atoms with Crippen LogP contribution in [0.1, 0.15) is 51.7 Å². The van der Waals surface area contributed by atoms with E-state index in [4.69, 9.17) is 14.1 Å². The highest BCUT2D eigenvalue weighted by Gasteiger charge is 2.22. The van der Waals surface area contributed by atoms with E-state index in [1.54, 1.807) is 13.4 Å². The van der Waals surface area contributed by atoms with E-state index in [1.807, 2.05) is 12.1 Å². The maximum absolute atomic E-state index is 5.44. The zero-order valence-corrected chi connectivity index (χ0v) is 19.0. The average molecular weight is 407 g/mol. The van der Waals surface area contributed by atoms with Crippen molar-refractivity contribution in [3.63, 3.8) is 0 Å². The minimum Gasteiger partial charge on any atom is -0.469 e. The lowest BCUT2D eigenvalue weighted by Gasteiger charge is -2.35. The summed E-state index contributed by atoms with van der Waals surface area (Å²) in [7, 11) is 3.96. The lowest BCUT2D eigenvalue weighted by Crippen LogP contribution is -2.48. The zero-order valence-electron chi connectivity index (χ0n) is 19.0. The quantitative estimate of drug-likeness (QED) is 0.424.